The number of aromatic carboxylic acids is 1. The number of thioether (sulfide) groups is 1. The number of hydrogen-bond acceptors (Lipinski definition) is 5. The molecule has 1 heterocycles. The van der Waals surface area contributed by atoms with E-state index in [0.717, 1.165) is 29.9 Å². The van der Waals surface area contributed by atoms with Crippen molar-refractivity contribution in [2.45, 2.75) is 17.7 Å². The van der Waals surface area contributed by atoms with E-state index in [1.807, 2.05) is 6.26 Å². The number of carbonyl (C=O) groups is 1. The van der Waals surface area contributed by atoms with E-state index < -0.39 is 16.0 Å². The second kappa shape index (κ2) is 7.63. The Kier molecular flexibility index (Phi) is 6.81. The van der Waals surface area contributed by atoms with Gasteiger partial charge >= 0.3 is 5.97 Å². The maximum Gasteiger partial charge on any atom is 0.345 e. The van der Waals surface area contributed by atoms with E-state index >= 15 is 0 Å². The lowest BCUT2D eigenvalue weighted by molar-refractivity contribution is 0.0702. The third-order valence-electron chi connectivity index (χ3n) is 2.22. The van der Waals surface area contributed by atoms with Gasteiger partial charge in [0.25, 0.3) is 0 Å². The second-order valence-electron chi connectivity index (χ2n) is 3.65. The third-order valence-corrected chi connectivity index (χ3v) is 6.62. The quantitative estimate of drug-likeness (QED) is 0.669. The number of carboxylic acids is 1. The Morgan fingerprint density at radius 3 is 2.74 bits per heavy atom. The minimum atomic E-state index is -3.65. The molecule has 0 saturated carbocycles. The number of unbranched alkanes of at least 4 members (excludes halogenated alkanes) is 1. The first kappa shape index (κ1) is 17.0. The molecule has 19 heavy (non-hydrogen) atoms. The Labute approximate surface area is 129 Å². The van der Waals surface area contributed by atoms with Crippen molar-refractivity contribution in [1.29, 1.82) is 0 Å². The van der Waals surface area contributed by atoms with Crippen molar-refractivity contribution in [2.75, 3.05) is 18.6 Å². The van der Waals surface area contributed by atoms with Gasteiger partial charge in [0, 0.05) is 6.54 Å². The van der Waals surface area contributed by atoms with Crippen LogP contribution >= 0.6 is 39.0 Å². The van der Waals surface area contributed by atoms with Gasteiger partial charge in [-0.25, -0.2) is 17.9 Å². The number of sulfonamides is 1. The van der Waals surface area contributed by atoms with Crippen molar-refractivity contribution in [3.8, 4) is 0 Å². The topological polar surface area (TPSA) is 83.5 Å². The van der Waals surface area contributed by atoms with Gasteiger partial charge in [-0.05, 0) is 46.8 Å². The fourth-order valence-corrected chi connectivity index (χ4v) is 5.26. The first-order valence-electron chi connectivity index (χ1n) is 5.39. The van der Waals surface area contributed by atoms with Crippen LogP contribution in [-0.4, -0.2) is 38.0 Å². The van der Waals surface area contributed by atoms with E-state index in [-0.39, 0.29) is 9.77 Å². The number of thiophene rings is 1. The Bertz CT molecular complexity index is 541. The van der Waals surface area contributed by atoms with Crippen molar-refractivity contribution in [3.05, 3.63) is 14.7 Å². The van der Waals surface area contributed by atoms with Crippen molar-refractivity contribution in [1.82, 2.24) is 4.72 Å². The Balaban J connectivity index is 2.69. The SMILES string of the molecule is CSCCCCNS(=O)(=O)c1cc(C(=O)O)sc1Br. The zero-order valence-electron chi connectivity index (χ0n) is 10.2. The lowest BCUT2D eigenvalue weighted by Crippen LogP contribution is -2.24. The van der Waals surface area contributed by atoms with E-state index in [1.165, 1.54) is 6.07 Å². The van der Waals surface area contributed by atoms with Crippen LogP contribution in [0.3, 0.4) is 0 Å². The summed E-state index contributed by atoms with van der Waals surface area (Å²) in [6.45, 7) is 0.355. The molecule has 0 aliphatic rings. The smallest absolute Gasteiger partial charge is 0.345 e. The average Bonchev–Trinajstić information content (AvgIpc) is 2.72. The van der Waals surface area contributed by atoms with Gasteiger partial charge in [-0.2, -0.15) is 11.8 Å². The summed E-state index contributed by atoms with van der Waals surface area (Å²) in [7, 11) is -3.65. The molecule has 0 fully saturated rings. The summed E-state index contributed by atoms with van der Waals surface area (Å²) < 4.78 is 26.8. The summed E-state index contributed by atoms with van der Waals surface area (Å²) in [5, 5.41) is 8.83. The van der Waals surface area contributed by atoms with Crippen molar-refractivity contribution in [3.63, 3.8) is 0 Å². The van der Waals surface area contributed by atoms with Gasteiger partial charge in [0.2, 0.25) is 10.0 Å². The molecule has 2 N–H and O–H groups in total. The predicted octanol–water partition coefficient (Wildman–Crippen LogP) is 2.63. The standard InChI is InChI=1S/C10H14BrNO4S3/c1-17-5-3-2-4-12-19(15,16)8-6-7(10(13)14)18-9(8)11/h6,12H,2-5H2,1H3,(H,13,14). The third kappa shape index (κ3) is 5.07. The highest BCUT2D eigenvalue weighted by Gasteiger charge is 2.22. The molecule has 5 nitrogen and oxygen atoms in total. The maximum atomic E-state index is 12.0. The molecule has 0 bridgehead atoms. The van der Waals surface area contributed by atoms with Crippen molar-refractivity contribution in [2.24, 2.45) is 0 Å². The van der Waals surface area contributed by atoms with Gasteiger partial charge < -0.3 is 5.11 Å². The summed E-state index contributed by atoms with van der Waals surface area (Å²) in [5.74, 6) is -0.139. The highest BCUT2D eigenvalue weighted by molar-refractivity contribution is 9.11. The minimum absolute atomic E-state index is 0.00497. The molecule has 0 amide bonds. The van der Waals surface area contributed by atoms with Gasteiger partial charge in [-0.1, -0.05) is 0 Å². The summed E-state index contributed by atoms with van der Waals surface area (Å²) >= 11 is 5.70. The molecule has 0 atom stereocenters. The molecular weight excluding hydrogens is 374 g/mol. The van der Waals surface area contributed by atoms with E-state index in [4.69, 9.17) is 5.11 Å². The molecule has 1 aromatic rings. The molecule has 0 aliphatic carbocycles. The van der Waals surface area contributed by atoms with Crippen LogP contribution in [0.4, 0.5) is 0 Å². The number of nitrogens with one attached hydrogen (secondary N) is 1. The van der Waals surface area contributed by atoms with Crippen LogP contribution in [0.25, 0.3) is 0 Å². The highest BCUT2D eigenvalue weighted by atomic mass is 79.9. The monoisotopic (exact) mass is 387 g/mol. The van der Waals surface area contributed by atoms with Gasteiger partial charge in [-0.3, -0.25) is 0 Å². The van der Waals surface area contributed by atoms with Crippen LogP contribution in [0.5, 0.6) is 0 Å². The molecule has 9 heteroatoms. The van der Waals surface area contributed by atoms with Crippen LogP contribution in [0.1, 0.15) is 22.5 Å². The summed E-state index contributed by atoms with van der Waals surface area (Å²) in [4.78, 5) is 10.8. The maximum absolute atomic E-state index is 12.0. The number of halogens is 1. The van der Waals surface area contributed by atoms with Gasteiger partial charge in [0.1, 0.15) is 9.77 Å². The fraction of sp³-hybridized carbons (Fsp3) is 0.500. The van der Waals surface area contributed by atoms with E-state index in [1.54, 1.807) is 11.8 Å². The first-order chi connectivity index (χ1) is 8.88. The highest BCUT2D eigenvalue weighted by Crippen LogP contribution is 2.31. The van der Waals surface area contributed by atoms with E-state index in [9.17, 15) is 13.2 Å². The molecule has 0 radical (unpaired) electrons. The lowest BCUT2D eigenvalue weighted by atomic mass is 10.3. The zero-order chi connectivity index (χ0) is 14.5. The van der Waals surface area contributed by atoms with Gasteiger partial charge in [0.15, 0.2) is 0 Å². The largest absolute Gasteiger partial charge is 0.477 e. The van der Waals surface area contributed by atoms with Crippen LogP contribution in [0, 0.1) is 0 Å². The molecular formula is C10H14BrNO4S3. The molecule has 1 rings (SSSR count). The van der Waals surface area contributed by atoms with Gasteiger partial charge in [0.05, 0.1) is 3.79 Å². The Morgan fingerprint density at radius 2 is 2.21 bits per heavy atom. The zero-order valence-corrected chi connectivity index (χ0v) is 14.2. The predicted molar refractivity (Wildman–Crippen MR) is 81.8 cm³/mol. The van der Waals surface area contributed by atoms with E-state index in [2.05, 4.69) is 20.7 Å². The number of hydrogen-bond donors (Lipinski definition) is 2. The molecule has 0 saturated heterocycles. The summed E-state index contributed by atoms with van der Waals surface area (Å²) in [6, 6.07) is 1.17. The molecule has 0 aromatic carbocycles. The summed E-state index contributed by atoms with van der Waals surface area (Å²) in [5.41, 5.74) is 0. The van der Waals surface area contributed by atoms with E-state index in [0.29, 0.717) is 10.3 Å². The molecule has 108 valence electrons. The van der Waals surface area contributed by atoms with Crippen LogP contribution in [-0.2, 0) is 10.0 Å². The van der Waals surface area contributed by atoms with Crippen LogP contribution < -0.4 is 4.72 Å². The molecule has 0 spiro atoms. The first-order valence-corrected chi connectivity index (χ1v) is 9.88. The van der Waals surface area contributed by atoms with Crippen molar-refractivity contribution < 1.29 is 18.3 Å². The summed E-state index contributed by atoms with van der Waals surface area (Å²) in [6.07, 6.45) is 3.70. The minimum Gasteiger partial charge on any atom is -0.477 e. The van der Waals surface area contributed by atoms with Crippen molar-refractivity contribution >= 4 is 55.0 Å². The number of carboxylic acid groups (broad SMARTS) is 1. The molecule has 1 aromatic heterocycles. The fourth-order valence-electron chi connectivity index (χ4n) is 1.30. The second-order valence-corrected chi connectivity index (χ2v) is 8.74. The molecule has 0 aliphatic heterocycles. The number of rotatable bonds is 8. The van der Waals surface area contributed by atoms with Gasteiger partial charge in [-0.15, -0.1) is 11.3 Å². The van der Waals surface area contributed by atoms with Crippen LogP contribution in [0.2, 0.25) is 0 Å². The normalized spacial score (nSPS) is 11.7. The lowest BCUT2D eigenvalue weighted by Gasteiger charge is -2.05. The Morgan fingerprint density at radius 1 is 1.53 bits per heavy atom. The molecule has 0 unspecified atom stereocenters. The average molecular weight is 388 g/mol. The van der Waals surface area contributed by atoms with Crippen LogP contribution in [0.15, 0.2) is 14.7 Å². The Hall–Kier alpha value is -0.0900.